The quantitative estimate of drug-likeness (QED) is 0.753. The Morgan fingerprint density at radius 1 is 1.47 bits per heavy atom. The summed E-state index contributed by atoms with van der Waals surface area (Å²) in [5, 5.41) is 9.35. The molecule has 1 heterocycles. The van der Waals surface area contributed by atoms with Crippen LogP contribution in [0.5, 0.6) is 0 Å². The molecule has 84 valence electrons. The molecule has 0 aliphatic carbocycles. The molecule has 15 heavy (non-hydrogen) atoms. The SMILES string of the molecule is C=CC(C)(CO)CC(C)(C)n1ccnc1. The van der Waals surface area contributed by atoms with E-state index in [9.17, 15) is 5.11 Å². The third-order valence-electron chi connectivity index (χ3n) is 2.89. The summed E-state index contributed by atoms with van der Waals surface area (Å²) < 4.78 is 2.06. The smallest absolute Gasteiger partial charge is 0.0950 e. The van der Waals surface area contributed by atoms with E-state index in [4.69, 9.17) is 0 Å². The molecule has 3 heteroatoms. The van der Waals surface area contributed by atoms with Crippen molar-refractivity contribution in [2.45, 2.75) is 32.7 Å². The van der Waals surface area contributed by atoms with Gasteiger partial charge >= 0.3 is 0 Å². The van der Waals surface area contributed by atoms with Crippen molar-refractivity contribution in [1.29, 1.82) is 0 Å². The van der Waals surface area contributed by atoms with Crippen molar-refractivity contribution < 1.29 is 5.11 Å². The number of nitrogens with zero attached hydrogens (tertiary/aromatic N) is 2. The summed E-state index contributed by atoms with van der Waals surface area (Å²) in [7, 11) is 0. The fourth-order valence-corrected chi connectivity index (χ4v) is 1.89. The lowest BCUT2D eigenvalue weighted by atomic mass is 9.79. The molecule has 1 atom stereocenters. The van der Waals surface area contributed by atoms with E-state index >= 15 is 0 Å². The molecule has 0 fully saturated rings. The van der Waals surface area contributed by atoms with Gasteiger partial charge in [-0.15, -0.1) is 6.58 Å². The Morgan fingerprint density at radius 2 is 2.13 bits per heavy atom. The van der Waals surface area contributed by atoms with Gasteiger partial charge in [-0.25, -0.2) is 4.98 Å². The largest absolute Gasteiger partial charge is 0.395 e. The van der Waals surface area contributed by atoms with Crippen LogP contribution in [0.3, 0.4) is 0 Å². The van der Waals surface area contributed by atoms with Gasteiger partial charge in [0.25, 0.3) is 0 Å². The molecule has 0 aromatic carbocycles. The highest BCUT2D eigenvalue weighted by atomic mass is 16.3. The molecule has 0 aliphatic heterocycles. The Bertz CT molecular complexity index is 316. The Morgan fingerprint density at radius 3 is 2.53 bits per heavy atom. The predicted octanol–water partition coefficient (Wildman–Crippen LogP) is 2.19. The van der Waals surface area contributed by atoms with E-state index < -0.39 is 0 Å². The zero-order valence-electron chi connectivity index (χ0n) is 9.77. The van der Waals surface area contributed by atoms with Gasteiger partial charge in [-0.2, -0.15) is 0 Å². The van der Waals surface area contributed by atoms with Crippen LogP contribution < -0.4 is 0 Å². The number of imidazole rings is 1. The second kappa shape index (κ2) is 4.19. The minimum absolute atomic E-state index is 0.0673. The summed E-state index contributed by atoms with van der Waals surface area (Å²) in [6.45, 7) is 10.2. The van der Waals surface area contributed by atoms with E-state index in [0.717, 1.165) is 6.42 Å². The molecule has 1 rings (SSSR count). The molecule has 1 N–H and O–H groups in total. The number of hydrogen-bond donors (Lipinski definition) is 1. The van der Waals surface area contributed by atoms with Crippen LogP contribution in [0.4, 0.5) is 0 Å². The van der Waals surface area contributed by atoms with Crippen LogP contribution >= 0.6 is 0 Å². The van der Waals surface area contributed by atoms with Crippen molar-refractivity contribution in [3.05, 3.63) is 31.4 Å². The zero-order valence-corrected chi connectivity index (χ0v) is 9.77. The molecule has 0 amide bonds. The second-order valence-corrected chi connectivity index (χ2v) is 4.98. The van der Waals surface area contributed by atoms with Gasteiger partial charge in [0.1, 0.15) is 0 Å². The molecule has 1 unspecified atom stereocenters. The summed E-state index contributed by atoms with van der Waals surface area (Å²) >= 11 is 0. The average Bonchev–Trinajstić information content (AvgIpc) is 2.70. The van der Waals surface area contributed by atoms with Crippen LogP contribution in [0, 0.1) is 5.41 Å². The van der Waals surface area contributed by atoms with Crippen LogP contribution in [-0.2, 0) is 5.54 Å². The molecular formula is C12H20N2O. The van der Waals surface area contributed by atoms with Crippen LogP contribution in [0.15, 0.2) is 31.4 Å². The van der Waals surface area contributed by atoms with Gasteiger partial charge in [0.2, 0.25) is 0 Å². The molecule has 0 aliphatic rings. The molecule has 0 saturated heterocycles. The molecule has 0 radical (unpaired) electrons. The third kappa shape index (κ3) is 2.69. The van der Waals surface area contributed by atoms with E-state index in [1.807, 2.05) is 19.2 Å². The van der Waals surface area contributed by atoms with Crippen molar-refractivity contribution >= 4 is 0 Å². The first-order valence-electron chi connectivity index (χ1n) is 5.16. The van der Waals surface area contributed by atoms with Gasteiger partial charge in [-0.05, 0) is 20.3 Å². The maximum absolute atomic E-state index is 9.35. The number of hydrogen-bond acceptors (Lipinski definition) is 2. The van der Waals surface area contributed by atoms with Crippen molar-refractivity contribution in [2.24, 2.45) is 5.41 Å². The summed E-state index contributed by atoms with van der Waals surface area (Å²) in [6, 6.07) is 0. The summed E-state index contributed by atoms with van der Waals surface area (Å²) in [4.78, 5) is 4.04. The van der Waals surface area contributed by atoms with Gasteiger partial charge in [-0.3, -0.25) is 0 Å². The molecule has 1 aromatic heterocycles. The standard InChI is InChI=1S/C12H20N2O/c1-5-12(4,9-15)8-11(2,3)14-7-6-13-10-14/h5-7,10,15H,1,8-9H2,2-4H3. The Balaban J connectivity index is 2.84. The van der Waals surface area contributed by atoms with E-state index in [1.165, 1.54) is 0 Å². The Labute approximate surface area is 91.5 Å². The zero-order chi connectivity index (χ0) is 11.5. The number of aliphatic hydroxyl groups excluding tert-OH is 1. The molecular weight excluding hydrogens is 188 g/mol. The molecule has 0 saturated carbocycles. The maximum Gasteiger partial charge on any atom is 0.0950 e. The average molecular weight is 208 g/mol. The Kier molecular flexibility index (Phi) is 3.35. The van der Waals surface area contributed by atoms with Crippen molar-refractivity contribution in [3.63, 3.8) is 0 Å². The monoisotopic (exact) mass is 208 g/mol. The first-order valence-corrected chi connectivity index (χ1v) is 5.16. The fraction of sp³-hybridized carbons (Fsp3) is 0.583. The second-order valence-electron chi connectivity index (χ2n) is 4.98. The van der Waals surface area contributed by atoms with Crippen LogP contribution in [0.25, 0.3) is 0 Å². The van der Waals surface area contributed by atoms with Gasteiger partial charge in [0.15, 0.2) is 0 Å². The lowest BCUT2D eigenvalue weighted by Crippen LogP contribution is -2.34. The van der Waals surface area contributed by atoms with Crippen LogP contribution in [0.2, 0.25) is 0 Å². The van der Waals surface area contributed by atoms with E-state index in [0.29, 0.717) is 0 Å². The number of rotatable bonds is 5. The fourth-order valence-electron chi connectivity index (χ4n) is 1.89. The minimum Gasteiger partial charge on any atom is -0.395 e. The highest BCUT2D eigenvalue weighted by Crippen LogP contribution is 2.33. The van der Waals surface area contributed by atoms with E-state index in [-0.39, 0.29) is 17.6 Å². The van der Waals surface area contributed by atoms with Gasteiger partial charge in [0, 0.05) is 23.3 Å². The lowest BCUT2D eigenvalue weighted by molar-refractivity contribution is 0.129. The highest BCUT2D eigenvalue weighted by molar-refractivity contribution is 4.98. The topological polar surface area (TPSA) is 38.0 Å². The van der Waals surface area contributed by atoms with E-state index in [1.54, 1.807) is 12.5 Å². The van der Waals surface area contributed by atoms with Gasteiger partial charge in [0.05, 0.1) is 12.9 Å². The lowest BCUT2D eigenvalue weighted by Gasteiger charge is -2.35. The van der Waals surface area contributed by atoms with Crippen molar-refractivity contribution in [1.82, 2.24) is 9.55 Å². The van der Waals surface area contributed by atoms with Gasteiger partial charge < -0.3 is 9.67 Å². The molecule has 0 spiro atoms. The minimum atomic E-state index is -0.242. The molecule has 1 aromatic rings. The molecule has 3 nitrogen and oxygen atoms in total. The molecule has 0 bridgehead atoms. The van der Waals surface area contributed by atoms with Crippen molar-refractivity contribution in [2.75, 3.05) is 6.61 Å². The number of aromatic nitrogens is 2. The first kappa shape index (κ1) is 12.0. The van der Waals surface area contributed by atoms with Gasteiger partial charge in [-0.1, -0.05) is 13.0 Å². The summed E-state index contributed by atoms with van der Waals surface area (Å²) in [6.07, 6.45) is 8.18. The normalized spacial score (nSPS) is 16.0. The highest BCUT2D eigenvalue weighted by Gasteiger charge is 2.30. The van der Waals surface area contributed by atoms with Crippen LogP contribution in [-0.4, -0.2) is 21.3 Å². The number of aliphatic hydroxyl groups is 1. The summed E-state index contributed by atoms with van der Waals surface area (Å²) in [5.74, 6) is 0. The predicted molar refractivity (Wildman–Crippen MR) is 61.6 cm³/mol. The first-order chi connectivity index (χ1) is 6.93. The maximum atomic E-state index is 9.35. The van der Waals surface area contributed by atoms with Crippen LogP contribution in [0.1, 0.15) is 27.2 Å². The van der Waals surface area contributed by atoms with Crippen molar-refractivity contribution in [3.8, 4) is 0 Å². The third-order valence-corrected chi connectivity index (χ3v) is 2.89. The van der Waals surface area contributed by atoms with E-state index in [2.05, 4.69) is 30.0 Å². The Hall–Kier alpha value is -1.09. The summed E-state index contributed by atoms with van der Waals surface area (Å²) in [5.41, 5.74) is -0.310.